The quantitative estimate of drug-likeness (QED) is 0.363. The van der Waals surface area contributed by atoms with E-state index in [9.17, 15) is 0 Å². The van der Waals surface area contributed by atoms with Crippen molar-refractivity contribution in [1.82, 2.24) is 0 Å². The number of hydrogen-bond acceptors (Lipinski definition) is 2. The molecule has 0 rings (SSSR count). The van der Waals surface area contributed by atoms with E-state index in [1.807, 2.05) is 15.6 Å². The Morgan fingerprint density at radius 1 is 1.50 bits per heavy atom. The third-order valence-corrected chi connectivity index (χ3v) is 0. The van der Waals surface area contributed by atoms with Crippen LogP contribution in [-0.2, 0) is 0 Å². The monoisotopic (exact) mass is 125 g/mol. The Balaban J connectivity index is 2.80. The first-order valence-corrected chi connectivity index (χ1v) is 1.74. The zero-order valence-corrected chi connectivity index (χ0v) is 3.98. The van der Waals surface area contributed by atoms with E-state index in [0.29, 0.717) is 4.67 Å². The fraction of sp³-hybridized carbons (Fsp3) is 0. The summed E-state index contributed by atoms with van der Waals surface area (Å²) in [5.41, 5.74) is 9.56. The van der Waals surface area contributed by atoms with Crippen LogP contribution in [0.5, 0.6) is 0 Å². The second-order valence-electron chi connectivity index (χ2n) is 0.425. The van der Waals surface area contributed by atoms with Gasteiger partial charge in [0.2, 0.25) is 0 Å². The van der Waals surface area contributed by atoms with Gasteiger partial charge in [0.15, 0.2) is 0 Å². The van der Waals surface area contributed by atoms with Crippen LogP contribution in [0.15, 0.2) is 0 Å². The number of rotatable bonds is 0. The van der Waals surface area contributed by atoms with Crippen molar-refractivity contribution >= 4 is 20.2 Å². The van der Waals surface area contributed by atoms with E-state index in [0.717, 1.165) is 0 Å². The molecule has 0 saturated heterocycles. The molecule has 0 heterocycles. The van der Waals surface area contributed by atoms with Gasteiger partial charge in [0.1, 0.15) is 0 Å². The van der Waals surface area contributed by atoms with Gasteiger partial charge in [0.25, 0.3) is 0 Å². The predicted molar refractivity (Wildman–Crippen MR) is 20.5 cm³/mol. The van der Waals surface area contributed by atoms with E-state index in [-0.39, 0.29) is 0 Å². The van der Waals surface area contributed by atoms with Gasteiger partial charge in [0, 0.05) is 0 Å². The fourth-order valence-corrected chi connectivity index (χ4v) is 0. The third kappa shape index (κ3) is 41.3. The number of nitrogens with two attached hydrogens (primary N) is 2. The average molecular weight is 124 g/mol. The topological polar surface area (TPSA) is 52.0 Å². The SMILES string of the molecule is NC(N)=[SeH]. The van der Waals surface area contributed by atoms with Gasteiger partial charge in [-0.25, -0.2) is 0 Å². The van der Waals surface area contributed by atoms with Crippen molar-refractivity contribution in [3.63, 3.8) is 0 Å². The second-order valence-corrected chi connectivity index (χ2v) is 1.51. The van der Waals surface area contributed by atoms with E-state index in [4.69, 9.17) is 11.5 Å². The van der Waals surface area contributed by atoms with Gasteiger partial charge in [-0.15, -0.1) is 0 Å². The molecule has 0 saturated carbocycles. The Kier molecular flexibility index (Phi) is 1.74. The molecule has 4 N–H and O–H groups in total. The molecule has 0 aromatic heterocycles. The van der Waals surface area contributed by atoms with Crippen LogP contribution in [-0.4, -0.2) is 20.2 Å². The second kappa shape index (κ2) is 1.61. The van der Waals surface area contributed by atoms with Gasteiger partial charge < -0.3 is 0 Å². The van der Waals surface area contributed by atoms with Crippen molar-refractivity contribution in [2.24, 2.45) is 11.5 Å². The summed E-state index contributed by atoms with van der Waals surface area (Å²) < 4.78 is 0.354. The molecule has 3 heteroatoms. The van der Waals surface area contributed by atoms with E-state index in [1.54, 1.807) is 0 Å². The van der Waals surface area contributed by atoms with Crippen molar-refractivity contribution in [3.8, 4) is 0 Å². The average Bonchev–Trinajstić information content (AvgIpc) is 0.811. The van der Waals surface area contributed by atoms with Gasteiger partial charge in [-0.1, -0.05) is 0 Å². The summed E-state index contributed by atoms with van der Waals surface area (Å²) in [4.78, 5) is 0. The summed E-state index contributed by atoms with van der Waals surface area (Å²) in [5, 5.41) is 0. The Labute approximate surface area is 32.5 Å². The molecule has 0 aromatic carbocycles. The molecule has 1 radical (unpaired) electrons. The molecule has 0 spiro atoms. The van der Waals surface area contributed by atoms with Gasteiger partial charge >= 0.3 is 31.7 Å². The van der Waals surface area contributed by atoms with Crippen LogP contribution in [0.1, 0.15) is 0 Å². The maximum absolute atomic E-state index is 4.78. The Bertz CT molecular complexity index is 29.0. The van der Waals surface area contributed by atoms with Crippen LogP contribution in [0.2, 0.25) is 0 Å². The molecule has 0 aliphatic rings. The minimum absolute atomic E-state index is 0.354. The molecule has 0 aliphatic carbocycles. The van der Waals surface area contributed by atoms with Crippen LogP contribution in [0.25, 0.3) is 0 Å². The van der Waals surface area contributed by atoms with Crippen LogP contribution in [0.4, 0.5) is 0 Å². The first-order valence-electron chi connectivity index (χ1n) is 0.801. The molecule has 0 bridgehead atoms. The van der Waals surface area contributed by atoms with Crippen LogP contribution < -0.4 is 11.5 Å². The van der Waals surface area contributed by atoms with Gasteiger partial charge in [-0.05, 0) is 0 Å². The molecular weight excluding hydrogens is 119 g/mol. The summed E-state index contributed by atoms with van der Waals surface area (Å²) in [7, 11) is 0. The summed E-state index contributed by atoms with van der Waals surface area (Å²) >= 11 is 2.01. The summed E-state index contributed by atoms with van der Waals surface area (Å²) in [6, 6.07) is 0. The summed E-state index contributed by atoms with van der Waals surface area (Å²) in [6.45, 7) is 0. The molecule has 0 aromatic rings. The van der Waals surface area contributed by atoms with Gasteiger partial charge in [-0.3, -0.25) is 0 Å². The molecule has 4 heavy (non-hydrogen) atoms. The molecule has 2 nitrogen and oxygen atoms in total. The van der Waals surface area contributed by atoms with Crippen molar-refractivity contribution in [2.45, 2.75) is 0 Å². The Morgan fingerprint density at radius 2 is 1.50 bits per heavy atom. The van der Waals surface area contributed by atoms with Crippen LogP contribution >= 0.6 is 0 Å². The third-order valence-electron chi connectivity index (χ3n) is 0. The molecular formula is CH5N2Se. The van der Waals surface area contributed by atoms with Crippen LogP contribution in [0, 0.1) is 0 Å². The summed E-state index contributed by atoms with van der Waals surface area (Å²) in [5.74, 6) is 0. The van der Waals surface area contributed by atoms with Gasteiger partial charge in [0.05, 0.1) is 0 Å². The predicted octanol–water partition coefficient (Wildman–Crippen LogP) is -2.11. The maximum atomic E-state index is 4.78. The molecule has 0 aliphatic heterocycles. The zero-order valence-electron chi connectivity index (χ0n) is 2.10. The molecule has 0 unspecified atom stereocenters. The van der Waals surface area contributed by atoms with E-state index >= 15 is 0 Å². The Hall–Kier alpha value is 0.309. The number of hydrogen-bond donors (Lipinski definition) is 2. The molecule has 0 amide bonds. The zero-order chi connectivity index (χ0) is 3.58. The molecule has 25 valence electrons. The standard InChI is InChI=1S/CH5N2Se/c2-1(3)4/h4H,2-3H2. The van der Waals surface area contributed by atoms with E-state index in [1.165, 1.54) is 0 Å². The first-order chi connectivity index (χ1) is 1.73. The minimum atomic E-state index is 0.354. The normalized spacial score (nSPS) is 6.50. The molecule has 0 atom stereocenters. The first kappa shape index (κ1) is 4.31. The molecule has 0 fully saturated rings. The van der Waals surface area contributed by atoms with E-state index in [2.05, 4.69) is 0 Å². The van der Waals surface area contributed by atoms with Crippen molar-refractivity contribution < 1.29 is 0 Å². The Morgan fingerprint density at radius 3 is 1.50 bits per heavy atom. The fourth-order valence-electron chi connectivity index (χ4n) is 0. The van der Waals surface area contributed by atoms with Crippen molar-refractivity contribution in [2.75, 3.05) is 0 Å². The van der Waals surface area contributed by atoms with Crippen molar-refractivity contribution in [3.05, 3.63) is 0 Å². The van der Waals surface area contributed by atoms with Gasteiger partial charge in [-0.2, -0.15) is 0 Å². The van der Waals surface area contributed by atoms with Crippen molar-refractivity contribution in [1.29, 1.82) is 0 Å². The van der Waals surface area contributed by atoms with E-state index < -0.39 is 0 Å². The van der Waals surface area contributed by atoms with Crippen LogP contribution in [0.3, 0.4) is 0 Å². The summed E-state index contributed by atoms with van der Waals surface area (Å²) in [6.07, 6.45) is 0.